The van der Waals surface area contributed by atoms with E-state index in [1.807, 2.05) is 0 Å². The minimum absolute atomic E-state index is 0. The van der Waals surface area contributed by atoms with Gasteiger partial charge >= 0.3 is 16.8 Å². The van der Waals surface area contributed by atoms with Gasteiger partial charge < -0.3 is 66.0 Å². The first-order valence-electron chi connectivity index (χ1n) is 3.47. The van der Waals surface area contributed by atoms with Gasteiger partial charge in [-0.3, -0.25) is 4.90 Å². The molecular weight excluding hydrogens is 391 g/mol. The molecule has 0 aliphatic heterocycles. The maximum absolute atomic E-state index is 10.4. The van der Waals surface area contributed by atoms with E-state index >= 15 is 0 Å². The molecule has 0 fully saturated rings. The largest absolute Gasteiger partial charge is 3.00 e. The number of hydrogen-bond donors (Lipinski definition) is 2. The Kier molecular flexibility index (Phi) is 33.5. The smallest absolute Gasteiger partial charge is 0.778 e. The van der Waals surface area contributed by atoms with Gasteiger partial charge in [0.15, 0.2) is 0 Å². The summed E-state index contributed by atoms with van der Waals surface area (Å²) in [5.41, 5.74) is 0. The van der Waals surface area contributed by atoms with Gasteiger partial charge in [0.25, 0.3) is 0 Å². The second kappa shape index (κ2) is 16.4. The van der Waals surface area contributed by atoms with Crippen LogP contribution in [0.3, 0.4) is 0 Å². The van der Waals surface area contributed by atoms with Gasteiger partial charge in [0.1, 0.15) is 15.2 Å². The van der Waals surface area contributed by atoms with E-state index in [4.69, 9.17) is 9.79 Å². The molecular formula is C4H21CoNO13P2+3. The van der Waals surface area contributed by atoms with Crippen molar-refractivity contribution >= 4 is 21.2 Å². The average molecular weight is 412 g/mol. The van der Waals surface area contributed by atoms with E-state index in [1.54, 1.807) is 0 Å². The molecule has 2 unspecified atom stereocenters. The number of carboxylic acid groups (broad SMARTS) is 1. The summed E-state index contributed by atoms with van der Waals surface area (Å²) in [5, 5.41) is 10.1. The molecule has 21 heavy (non-hydrogen) atoms. The fraction of sp³-hybridized carbons (Fsp3) is 0.750. The van der Waals surface area contributed by atoms with Gasteiger partial charge in [-0.2, -0.15) is 0 Å². The molecule has 0 heterocycles. The molecule has 0 saturated carbocycles. The van der Waals surface area contributed by atoms with Crippen LogP contribution < -0.4 is 14.9 Å². The van der Waals surface area contributed by atoms with Crippen molar-refractivity contribution in [1.82, 2.24) is 4.90 Å². The number of rotatable bonds is 6. The van der Waals surface area contributed by atoms with Crippen molar-refractivity contribution in [2.75, 3.05) is 19.1 Å². The van der Waals surface area contributed by atoms with Crippen molar-refractivity contribution in [2.45, 2.75) is 0 Å². The van der Waals surface area contributed by atoms with Gasteiger partial charge in [-0.1, -0.05) is 0 Å². The second-order valence-corrected chi connectivity index (χ2v) is 5.87. The van der Waals surface area contributed by atoms with E-state index in [-0.39, 0.29) is 44.2 Å². The van der Waals surface area contributed by atoms with Crippen molar-refractivity contribution in [3.63, 3.8) is 0 Å². The first-order chi connectivity index (χ1) is 6.49. The van der Waals surface area contributed by atoms with Crippen LogP contribution in [0, 0.1) is 0 Å². The number of hydrogen-bond acceptors (Lipinski definition) is 7. The predicted molar refractivity (Wildman–Crippen MR) is 62.9 cm³/mol. The minimum Gasteiger partial charge on any atom is -0.778 e. The molecule has 136 valence electrons. The van der Waals surface area contributed by atoms with Crippen LogP contribution in [-0.4, -0.2) is 50.7 Å². The Balaban J connectivity index is -0.0000000653. The molecule has 0 spiro atoms. The quantitative estimate of drug-likeness (QED) is 0.308. The average Bonchev–Trinajstić information content (AvgIpc) is 1.73. The number of carbonyl (C=O) groups is 1. The number of aliphatic carboxylic acids is 1. The van der Waals surface area contributed by atoms with Crippen molar-refractivity contribution in [3.05, 3.63) is 0 Å². The first kappa shape index (κ1) is 42.9. The summed E-state index contributed by atoms with van der Waals surface area (Å²) >= 11 is 0. The molecule has 0 aliphatic carbocycles. The molecule has 17 heteroatoms. The Hall–Kier alpha value is 0.0365. The normalized spacial score (nSPS) is 14.0. The fourth-order valence-corrected chi connectivity index (χ4v) is 2.40. The molecule has 0 bridgehead atoms. The molecule has 0 rings (SSSR count). The van der Waals surface area contributed by atoms with Crippen LogP contribution in [0.5, 0.6) is 0 Å². The summed E-state index contributed by atoms with van der Waals surface area (Å²) in [7, 11) is -9.70. The third-order valence-corrected chi connectivity index (χ3v) is 2.62. The first-order valence-corrected chi connectivity index (χ1v) is 7.00. The van der Waals surface area contributed by atoms with E-state index in [2.05, 4.69) is 0 Å². The SMILES string of the molecule is O.O.O=C([O-])CN(CP(=O)([O-])O)CP(=O)([O-])O.[Co+3].[OH3+].[OH3+].[OH3+]. The van der Waals surface area contributed by atoms with E-state index in [0.29, 0.717) is 4.90 Å². The molecule has 0 aromatic heterocycles. The summed E-state index contributed by atoms with van der Waals surface area (Å²) in [5.74, 6) is -1.74. The van der Waals surface area contributed by atoms with Crippen LogP contribution in [0.4, 0.5) is 0 Å². The standard InChI is InChI=1S/C4H11NO8P2.Co.5H2O/c6-4(7)1-5(2-14(8,9)10)3-15(11,12)13;;;;;;/h1-3H2,(H,6,7)(H2,8,9,10)(H2,11,12,13);;5*1H2/q;+3;;;;;. The van der Waals surface area contributed by atoms with Gasteiger partial charge in [0.05, 0.1) is 18.5 Å². The van der Waals surface area contributed by atoms with Crippen LogP contribution >= 0.6 is 15.2 Å². The zero-order valence-corrected chi connectivity index (χ0v) is 13.2. The summed E-state index contributed by atoms with van der Waals surface area (Å²) in [6.07, 6.45) is -2.40. The van der Waals surface area contributed by atoms with Gasteiger partial charge in [-0.05, 0) is 0 Å². The van der Waals surface area contributed by atoms with Crippen molar-refractivity contribution in [3.8, 4) is 0 Å². The van der Waals surface area contributed by atoms with E-state index in [0.717, 1.165) is 0 Å². The summed E-state index contributed by atoms with van der Waals surface area (Å²) in [6.45, 7) is -1.04. The molecule has 0 aromatic carbocycles. The number of carboxylic acids is 1. The Labute approximate surface area is 128 Å². The summed E-state index contributed by atoms with van der Waals surface area (Å²) in [6, 6.07) is 0. The third kappa shape index (κ3) is 33.1. The third-order valence-electron chi connectivity index (χ3n) is 1.11. The van der Waals surface area contributed by atoms with Crippen molar-refractivity contribution in [1.29, 1.82) is 0 Å². The summed E-state index contributed by atoms with van der Waals surface area (Å²) < 4.78 is 20.7. The van der Waals surface area contributed by atoms with E-state index < -0.39 is 40.3 Å². The van der Waals surface area contributed by atoms with Gasteiger partial charge in [0.2, 0.25) is 0 Å². The van der Waals surface area contributed by atoms with E-state index in [1.165, 1.54) is 0 Å². The predicted octanol–water partition coefficient (Wildman–Crippen LogP) is -8.37. The molecule has 0 amide bonds. The maximum atomic E-state index is 10.4. The molecule has 15 N–H and O–H groups in total. The molecule has 0 aromatic rings. The molecule has 0 aliphatic rings. The van der Waals surface area contributed by atoms with Crippen LogP contribution in [0.2, 0.25) is 0 Å². The van der Waals surface area contributed by atoms with Gasteiger partial charge in [-0.15, -0.1) is 0 Å². The Bertz CT molecular complexity index is 302. The Morgan fingerprint density at radius 1 is 0.952 bits per heavy atom. The topological polar surface area (TPSA) is 326 Å². The summed E-state index contributed by atoms with van der Waals surface area (Å²) in [4.78, 5) is 47.9. The zero-order chi connectivity index (χ0) is 12.3. The molecule has 0 saturated heterocycles. The zero-order valence-electron chi connectivity index (χ0n) is 10.4. The minimum atomic E-state index is -4.85. The monoisotopic (exact) mass is 412 g/mol. The number of nitrogens with zero attached hydrogens (tertiary/aromatic N) is 1. The fourth-order valence-electron chi connectivity index (χ4n) is 0.833. The maximum Gasteiger partial charge on any atom is 3.00 e. The Morgan fingerprint density at radius 3 is 1.33 bits per heavy atom. The molecule has 14 nitrogen and oxygen atoms in total. The van der Waals surface area contributed by atoms with Crippen LogP contribution in [0.25, 0.3) is 0 Å². The van der Waals surface area contributed by atoms with Crippen molar-refractivity contribution < 1.29 is 82.8 Å². The second-order valence-electron chi connectivity index (χ2n) is 2.76. The van der Waals surface area contributed by atoms with Crippen LogP contribution in [0.15, 0.2) is 0 Å². The van der Waals surface area contributed by atoms with Crippen LogP contribution in [0.1, 0.15) is 0 Å². The van der Waals surface area contributed by atoms with Gasteiger partial charge in [0, 0.05) is 6.54 Å². The Morgan fingerprint density at radius 2 is 1.19 bits per heavy atom. The number of carbonyl (C=O) groups excluding carboxylic acids is 1. The van der Waals surface area contributed by atoms with E-state index in [9.17, 15) is 28.8 Å². The molecule has 0 radical (unpaired) electrons. The molecule has 2 atom stereocenters. The van der Waals surface area contributed by atoms with Gasteiger partial charge in [-0.25, -0.2) is 0 Å². The van der Waals surface area contributed by atoms with Crippen molar-refractivity contribution in [2.24, 2.45) is 0 Å². The van der Waals surface area contributed by atoms with Crippen LogP contribution in [-0.2, 0) is 47.1 Å².